The summed E-state index contributed by atoms with van der Waals surface area (Å²) >= 11 is 5.05. The van der Waals surface area contributed by atoms with Crippen LogP contribution in [0.2, 0.25) is 0 Å². The van der Waals surface area contributed by atoms with Crippen molar-refractivity contribution in [3.63, 3.8) is 0 Å². The van der Waals surface area contributed by atoms with Crippen molar-refractivity contribution in [2.75, 3.05) is 11.9 Å². The van der Waals surface area contributed by atoms with Crippen LogP contribution in [0.3, 0.4) is 0 Å². The van der Waals surface area contributed by atoms with Crippen LogP contribution in [-0.4, -0.2) is 34.4 Å². The van der Waals surface area contributed by atoms with Crippen molar-refractivity contribution in [1.82, 2.24) is 4.98 Å². The zero-order chi connectivity index (χ0) is 18.0. The number of alkyl halides is 1. The molecule has 1 aliphatic heterocycles. The van der Waals surface area contributed by atoms with Crippen molar-refractivity contribution >= 4 is 54.5 Å². The van der Waals surface area contributed by atoms with Crippen molar-refractivity contribution in [3.05, 3.63) is 18.2 Å². The number of ether oxygens (including phenoxy) is 2. The van der Waals surface area contributed by atoms with Gasteiger partial charge in [-0.15, -0.1) is 0 Å². The molecule has 0 unspecified atom stereocenters. The molecule has 2 bridgehead atoms. The van der Waals surface area contributed by atoms with E-state index < -0.39 is 0 Å². The summed E-state index contributed by atoms with van der Waals surface area (Å²) < 4.78 is 11.9. The molecule has 1 aromatic carbocycles. The number of carbonyl (C=O) groups excluding carboxylic acids is 2. The van der Waals surface area contributed by atoms with Gasteiger partial charge in [-0.1, -0.05) is 27.3 Å². The number of anilines is 1. The Labute approximate surface area is 162 Å². The maximum Gasteiger partial charge on any atom is 0.310 e. The topological polar surface area (TPSA) is 77.5 Å². The fraction of sp³-hybridized carbons (Fsp3) is 0.500. The standard InChI is InChI=1S/C18H17BrN2O4S/c1-2-24-7-3-4-10-11(5-7)26-18(20-10)21-16(22)12-8-6-9-13(12)17(23)25-15(9)14(8)19/h3-5,8-9,12-15H,2,6H2,1H3,(H,20,21,22)/t8-,9-,12-,13+,14-,15+/m1/s1. The minimum Gasteiger partial charge on any atom is -0.494 e. The van der Waals surface area contributed by atoms with Gasteiger partial charge in [0.05, 0.1) is 33.5 Å². The molecule has 0 spiro atoms. The van der Waals surface area contributed by atoms with Gasteiger partial charge in [0.15, 0.2) is 5.13 Å². The van der Waals surface area contributed by atoms with Gasteiger partial charge < -0.3 is 14.8 Å². The lowest BCUT2D eigenvalue weighted by Gasteiger charge is -2.27. The molecule has 0 radical (unpaired) electrons. The molecule has 5 rings (SSSR count). The van der Waals surface area contributed by atoms with E-state index in [1.54, 1.807) is 0 Å². The zero-order valence-electron chi connectivity index (χ0n) is 14.0. The molecule has 3 aliphatic rings. The second-order valence-electron chi connectivity index (χ2n) is 7.03. The van der Waals surface area contributed by atoms with Crippen molar-refractivity contribution in [2.45, 2.75) is 24.3 Å². The Hall–Kier alpha value is -1.67. The van der Waals surface area contributed by atoms with Crippen LogP contribution in [0.4, 0.5) is 5.13 Å². The van der Waals surface area contributed by atoms with E-state index in [-0.39, 0.29) is 46.5 Å². The van der Waals surface area contributed by atoms with E-state index in [0.29, 0.717) is 11.7 Å². The second kappa shape index (κ2) is 5.92. The highest BCUT2D eigenvalue weighted by molar-refractivity contribution is 9.09. The van der Waals surface area contributed by atoms with Gasteiger partial charge in [-0.2, -0.15) is 0 Å². The van der Waals surface area contributed by atoms with E-state index >= 15 is 0 Å². The number of fused-ring (bicyclic) bond motifs is 2. The largest absolute Gasteiger partial charge is 0.494 e. The summed E-state index contributed by atoms with van der Waals surface area (Å²) in [7, 11) is 0. The van der Waals surface area contributed by atoms with E-state index in [1.807, 2.05) is 25.1 Å². The summed E-state index contributed by atoms with van der Waals surface area (Å²) in [5, 5.41) is 3.48. The minimum atomic E-state index is -0.346. The highest BCUT2D eigenvalue weighted by Crippen LogP contribution is 2.60. The highest BCUT2D eigenvalue weighted by atomic mass is 79.9. The van der Waals surface area contributed by atoms with Crippen LogP contribution < -0.4 is 10.1 Å². The van der Waals surface area contributed by atoms with Gasteiger partial charge in [0.2, 0.25) is 5.91 Å². The third kappa shape index (κ3) is 2.31. The van der Waals surface area contributed by atoms with Crippen LogP contribution in [0.25, 0.3) is 10.2 Å². The first-order valence-electron chi connectivity index (χ1n) is 8.75. The van der Waals surface area contributed by atoms with Gasteiger partial charge in [-0.25, -0.2) is 4.98 Å². The number of hydrogen-bond donors (Lipinski definition) is 1. The Kier molecular flexibility index (Phi) is 3.76. The highest BCUT2D eigenvalue weighted by Gasteiger charge is 2.67. The number of nitrogens with one attached hydrogen (secondary N) is 1. The molecule has 1 aromatic heterocycles. The molecule has 2 heterocycles. The fourth-order valence-electron chi connectivity index (χ4n) is 4.73. The number of aromatic nitrogens is 1. The van der Waals surface area contributed by atoms with E-state index in [0.717, 1.165) is 22.4 Å². The normalized spacial score (nSPS) is 34.3. The molecule has 2 saturated carbocycles. The van der Waals surface area contributed by atoms with Crippen LogP contribution in [0.1, 0.15) is 13.3 Å². The Balaban J connectivity index is 1.39. The quantitative estimate of drug-likeness (QED) is 0.587. The molecule has 3 fully saturated rings. The first kappa shape index (κ1) is 16.5. The second-order valence-corrected chi connectivity index (χ2v) is 9.12. The Morgan fingerprint density at radius 3 is 3.12 bits per heavy atom. The lowest BCUT2D eigenvalue weighted by molar-refractivity contribution is -0.145. The maximum absolute atomic E-state index is 12.9. The van der Waals surface area contributed by atoms with Gasteiger partial charge in [0.25, 0.3) is 0 Å². The summed E-state index contributed by atoms with van der Waals surface area (Å²) in [5.74, 6) is 0.0802. The van der Waals surface area contributed by atoms with Crippen LogP contribution in [0, 0.1) is 23.7 Å². The maximum atomic E-state index is 12.9. The van der Waals surface area contributed by atoms with Crippen LogP contribution in [0.15, 0.2) is 18.2 Å². The van der Waals surface area contributed by atoms with Crippen molar-refractivity contribution in [2.24, 2.45) is 23.7 Å². The predicted molar refractivity (Wildman–Crippen MR) is 101 cm³/mol. The van der Waals surface area contributed by atoms with Gasteiger partial charge in [0.1, 0.15) is 11.9 Å². The fourth-order valence-corrected chi connectivity index (χ4v) is 6.68. The van der Waals surface area contributed by atoms with Crippen LogP contribution in [0.5, 0.6) is 5.75 Å². The summed E-state index contributed by atoms with van der Waals surface area (Å²) in [5.41, 5.74) is 0.820. The summed E-state index contributed by atoms with van der Waals surface area (Å²) in [6, 6.07) is 5.69. The molecule has 1 N–H and O–H groups in total. The molecule has 8 heteroatoms. The Bertz CT molecular complexity index is 916. The number of thiazole rings is 1. The average Bonchev–Trinajstić information content (AvgIpc) is 3.31. The number of hydrogen-bond acceptors (Lipinski definition) is 6. The monoisotopic (exact) mass is 436 g/mol. The molecular weight excluding hydrogens is 420 g/mol. The van der Waals surface area contributed by atoms with Crippen molar-refractivity contribution < 1.29 is 19.1 Å². The van der Waals surface area contributed by atoms with Gasteiger partial charge in [0, 0.05) is 5.92 Å². The number of rotatable bonds is 4. The first-order chi connectivity index (χ1) is 12.6. The first-order valence-corrected chi connectivity index (χ1v) is 10.5. The SMILES string of the molecule is CCOc1ccc2nc(NC(=O)[C@@H]3[C@H]4C[C@H]5[C@H](OC(=O)[C@@H]53)[C@@H]4Br)sc2c1. The minimum absolute atomic E-state index is 0.0649. The number of benzene rings is 1. The smallest absolute Gasteiger partial charge is 0.310 e. The summed E-state index contributed by atoms with van der Waals surface area (Å²) in [4.78, 5) is 29.7. The Morgan fingerprint density at radius 2 is 2.31 bits per heavy atom. The lowest BCUT2D eigenvalue weighted by Crippen LogP contribution is -2.40. The zero-order valence-corrected chi connectivity index (χ0v) is 16.4. The van der Waals surface area contributed by atoms with E-state index in [4.69, 9.17) is 9.47 Å². The number of nitrogens with zero attached hydrogens (tertiary/aromatic N) is 1. The third-order valence-electron chi connectivity index (χ3n) is 5.73. The van der Waals surface area contributed by atoms with Crippen molar-refractivity contribution in [1.29, 1.82) is 0 Å². The van der Waals surface area contributed by atoms with Crippen LogP contribution in [-0.2, 0) is 14.3 Å². The molecule has 26 heavy (non-hydrogen) atoms. The number of carbonyl (C=O) groups is 2. The van der Waals surface area contributed by atoms with E-state index in [2.05, 4.69) is 26.2 Å². The van der Waals surface area contributed by atoms with Crippen LogP contribution >= 0.6 is 27.3 Å². The number of halogens is 1. The summed E-state index contributed by atoms with van der Waals surface area (Å²) in [6.45, 7) is 2.54. The van der Waals surface area contributed by atoms with Gasteiger partial charge in [-0.3, -0.25) is 9.59 Å². The molecule has 1 amide bonds. The van der Waals surface area contributed by atoms with E-state index in [9.17, 15) is 9.59 Å². The molecule has 6 nitrogen and oxygen atoms in total. The molecule has 6 atom stereocenters. The molecule has 136 valence electrons. The molecular formula is C18H17BrN2O4S. The number of esters is 1. The van der Waals surface area contributed by atoms with Gasteiger partial charge in [-0.05, 0) is 37.5 Å². The molecule has 1 saturated heterocycles. The Morgan fingerprint density at radius 1 is 1.46 bits per heavy atom. The molecule has 2 aliphatic carbocycles. The molecule has 2 aromatic rings. The van der Waals surface area contributed by atoms with E-state index in [1.165, 1.54) is 11.3 Å². The summed E-state index contributed by atoms with van der Waals surface area (Å²) in [6.07, 6.45) is 0.799. The number of amides is 1. The van der Waals surface area contributed by atoms with Gasteiger partial charge >= 0.3 is 5.97 Å². The predicted octanol–water partition coefficient (Wildman–Crippen LogP) is 3.20. The average molecular weight is 437 g/mol. The third-order valence-corrected chi connectivity index (χ3v) is 7.86. The lowest BCUT2D eigenvalue weighted by atomic mass is 9.79. The van der Waals surface area contributed by atoms with Crippen molar-refractivity contribution in [3.8, 4) is 5.75 Å².